The van der Waals surface area contributed by atoms with Gasteiger partial charge in [0.1, 0.15) is 0 Å². The fourth-order valence-corrected chi connectivity index (χ4v) is 2.47. The van der Waals surface area contributed by atoms with Crippen LogP contribution in [0.15, 0.2) is 18.2 Å². The van der Waals surface area contributed by atoms with Crippen LogP contribution in [0, 0.1) is 0 Å². The molecule has 1 fully saturated rings. The highest BCUT2D eigenvalue weighted by Gasteiger charge is 2.16. The minimum atomic E-state index is 0.0578. The van der Waals surface area contributed by atoms with E-state index >= 15 is 0 Å². The predicted octanol–water partition coefficient (Wildman–Crippen LogP) is 2.47. The van der Waals surface area contributed by atoms with Crippen molar-refractivity contribution in [1.82, 2.24) is 0 Å². The summed E-state index contributed by atoms with van der Waals surface area (Å²) in [4.78, 5) is 13.9. The molecule has 4 heteroatoms. The maximum absolute atomic E-state index is 11.7. The van der Waals surface area contributed by atoms with E-state index in [4.69, 9.17) is 17.3 Å². The topological polar surface area (TPSA) is 46.3 Å². The molecule has 1 heterocycles. The highest BCUT2D eigenvalue weighted by molar-refractivity contribution is 6.33. The molecule has 0 unspecified atom stereocenters. The van der Waals surface area contributed by atoms with Gasteiger partial charge in [-0.1, -0.05) is 11.6 Å². The number of carbonyl (C=O) groups excluding carboxylic acids is 1. The number of carbonyl (C=O) groups is 1. The minimum Gasteiger partial charge on any atom is -0.370 e. The standard InChI is InChI=1S/C13H17ClN2O/c14-11-9-10(13(17)5-6-15)3-4-12(11)16-7-1-2-8-16/h3-4,9H,1-2,5-8,15H2. The number of hydrogen-bond donors (Lipinski definition) is 1. The molecule has 2 rings (SSSR count). The van der Waals surface area contributed by atoms with Gasteiger partial charge in [-0.3, -0.25) is 4.79 Å². The summed E-state index contributed by atoms with van der Waals surface area (Å²) in [5.74, 6) is 0.0578. The van der Waals surface area contributed by atoms with E-state index in [2.05, 4.69) is 4.90 Å². The Morgan fingerprint density at radius 1 is 1.35 bits per heavy atom. The fourth-order valence-electron chi connectivity index (χ4n) is 2.17. The SMILES string of the molecule is NCCC(=O)c1ccc(N2CCCC2)c(Cl)c1. The number of nitrogens with zero attached hydrogens (tertiary/aromatic N) is 1. The quantitative estimate of drug-likeness (QED) is 0.838. The van der Waals surface area contributed by atoms with Crippen molar-refractivity contribution in [2.24, 2.45) is 5.73 Å². The van der Waals surface area contributed by atoms with E-state index in [1.807, 2.05) is 12.1 Å². The van der Waals surface area contributed by atoms with Crippen LogP contribution in [0.25, 0.3) is 0 Å². The van der Waals surface area contributed by atoms with Crippen LogP contribution in [-0.2, 0) is 0 Å². The highest BCUT2D eigenvalue weighted by atomic mass is 35.5. The normalized spacial score (nSPS) is 15.3. The lowest BCUT2D eigenvalue weighted by Crippen LogP contribution is -2.18. The van der Waals surface area contributed by atoms with Crippen LogP contribution in [0.5, 0.6) is 0 Å². The van der Waals surface area contributed by atoms with Gasteiger partial charge >= 0.3 is 0 Å². The molecule has 0 amide bonds. The molecule has 92 valence electrons. The van der Waals surface area contributed by atoms with Gasteiger partial charge in [-0.25, -0.2) is 0 Å². The van der Waals surface area contributed by atoms with E-state index < -0.39 is 0 Å². The van der Waals surface area contributed by atoms with E-state index in [0.29, 0.717) is 23.6 Å². The average Bonchev–Trinajstić information content (AvgIpc) is 2.82. The van der Waals surface area contributed by atoms with Gasteiger partial charge in [0, 0.05) is 25.1 Å². The van der Waals surface area contributed by atoms with Crippen LogP contribution in [0.2, 0.25) is 5.02 Å². The highest BCUT2D eigenvalue weighted by Crippen LogP contribution is 2.29. The van der Waals surface area contributed by atoms with Crippen LogP contribution in [0.1, 0.15) is 29.6 Å². The molecule has 3 nitrogen and oxygen atoms in total. The Balaban J connectivity index is 2.19. The molecule has 0 spiro atoms. The second-order valence-electron chi connectivity index (χ2n) is 4.32. The summed E-state index contributed by atoms with van der Waals surface area (Å²) in [6.45, 7) is 2.48. The zero-order chi connectivity index (χ0) is 12.3. The van der Waals surface area contributed by atoms with Crippen molar-refractivity contribution in [1.29, 1.82) is 0 Å². The summed E-state index contributed by atoms with van der Waals surface area (Å²) in [6.07, 6.45) is 2.80. The summed E-state index contributed by atoms with van der Waals surface area (Å²) in [6, 6.07) is 5.54. The number of hydrogen-bond acceptors (Lipinski definition) is 3. The first kappa shape index (κ1) is 12.4. The van der Waals surface area contributed by atoms with Crippen molar-refractivity contribution in [3.8, 4) is 0 Å². The Labute approximate surface area is 107 Å². The number of ketones is 1. The monoisotopic (exact) mass is 252 g/mol. The Hall–Kier alpha value is -1.06. The maximum Gasteiger partial charge on any atom is 0.164 e. The first-order valence-electron chi connectivity index (χ1n) is 6.00. The zero-order valence-corrected chi connectivity index (χ0v) is 10.5. The molecule has 1 aliphatic rings. The van der Waals surface area contributed by atoms with Crippen molar-refractivity contribution >= 4 is 23.1 Å². The third-order valence-corrected chi connectivity index (χ3v) is 3.39. The maximum atomic E-state index is 11.7. The van der Waals surface area contributed by atoms with Gasteiger partial charge in [0.05, 0.1) is 10.7 Å². The summed E-state index contributed by atoms with van der Waals surface area (Å²) >= 11 is 6.23. The Bertz CT molecular complexity index is 414. The number of nitrogens with two attached hydrogens (primary N) is 1. The van der Waals surface area contributed by atoms with Crippen molar-refractivity contribution in [2.75, 3.05) is 24.5 Å². The number of anilines is 1. The zero-order valence-electron chi connectivity index (χ0n) is 9.79. The van der Waals surface area contributed by atoms with Gasteiger partial charge in [-0.2, -0.15) is 0 Å². The van der Waals surface area contributed by atoms with Crippen molar-refractivity contribution in [3.63, 3.8) is 0 Å². The molecule has 0 aliphatic carbocycles. The molecule has 0 bridgehead atoms. The van der Waals surface area contributed by atoms with E-state index in [1.54, 1.807) is 6.07 Å². The molecule has 1 aliphatic heterocycles. The summed E-state index contributed by atoms with van der Waals surface area (Å²) in [5.41, 5.74) is 7.06. The lowest BCUT2D eigenvalue weighted by molar-refractivity contribution is 0.0985. The summed E-state index contributed by atoms with van der Waals surface area (Å²) in [7, 11) is 0. The Morgan fingerprint density at radius 2 is 2.06 bits per heavy atom. The van der Waals surface area contributed by atoms with E-state index in [1.165, 1.54) is 12.8 Å². The minimum absolute atomic E-state index is 0.0578. The first-order chi connectivity index (χ1) is 8.22. The molecule has 1 aromatic rings. The second kappa shape index (κ2) is 5.52. The van der Waals surface area contributed by atoms with Gasteiger partial charge in [-0.15, -0.1) is 0 Å². The van der Waals surface area contributed by atoms with E-state index in [-0.39, 0.29) is 5.78 Å². The second-order valence-corrected chi connectivity index (χ2v) is 4.73. The molecule has 2 N–H and O–H groups in total. The third kappa shape index (κ3) is 2.79. The van der Waals surface area contributed by atoms with E-state index in [0.717, 1.165) is 18.8 Å². The summed E-state index contributed by atoms with van der Waals surface area (Å²) < 4.78 is 0. The number of rotatable bonds is 4. The van der Waals surface area contributed by atoms with Gasteiger partial charge in [0.2, 0.25) is 0 Å². The molecule has 0 aromatic heterocycles. The van der Waals surface area contributed by atoms with Crippen molar-refractivity contribution in [3.05, 3.63) is 28.8 Å². The van der Waals surface area contributed by atoms with Crippen LogP contribution >= 0.6 is 11.6 Å². The smallest absolute Gasteiger partial charge is 0.164 e. The van der Waals surface area contributed by atoms with Gasteiger partial charge in [0.15, 0.2) is 5.78 Å². The molecule has 1 saturated heterocycles. The molecular formula is C13H17ClN2O. The van der Waals surface area contributed by atoms with E-state index in [9.17, 15) is 4.79 Å². The number of Topliss-reactive ketones (excluding diaryl/α,β-unsaturated/α-hetero) is 1. The lowest BCUT2D eigenvalue weighted by Gasteiger charge is -2.19. The summed E-state index contributed by atoms with van der Waals surface area (Å²) in [5, 5.41) is 0.662. The van der Waals surface area contributed by atoms with Crippen molar-refractivity contribution < 1.29 is 4.79 Å². The number of benzene rings is 1. The van der Waals surface area contributed by atoms with Crippen molar-refractivity contribution in [2.45, 2.75) is 19.3 Å². The fraction of sp³-hybridized carbons (Fsp3) is 0.462. The van der Waals surface area contributed by atoms with Crippen LogP contribution in [0.4, 0.5) is 5.69 Å². The Morgan fingerprint density at radius 3 is 2.65 bits per heavy atom. The third-order valence-electron chi connectivity index (χ3n) is 3.09. The molecule has 17 heavy (non-hydrogen) atoms. The van der Waals surface area contributed by atoms with Crippen LogP contribution in [0.3, 0.4) is 0 Å². The van der Waals surface area contributed by atoms with Gasteiger partial charge in [-0.05, 0) is 37.6 Å². The van der Waals surface area contributed by atoms with Gasteiger partial charge in [0.25, 0.3) is 0 Å². The number of halogens is 1. The van der Waals surface area contributed by atoms with Gasteiger partial charge < -0.3 is 10.6 Å². The van der Waals surface area contributed by atoms with Crippen LogP contribution in [-0.4, -0.2) is 25.4 Å². The molecule has 0 atom stereocenters. The predicted molar refractivity (Wildman–Crippen MR) is 70.9 cm³/mol. The first-order valence-corrected chi connectivity index (χ1v) is 6.38. The largest absolute Gasteiger partial charge is 0.370 e. The van der Waals surface area contributed by atoms with Crippen LogP contribution < -0.4 is 10.6 Å². The lowest BCUT2D eigenvalue weighted by atomic mass is 10.1. The Kier molecular flexibility index (Phi) is 4.02. The molecular weight excluding hydrogens is 236 g/mol. The molecule has 0 radical (unpaired) electrons. The average molecular weight is 253 g/mol. The molecule has 0 saturated carbocycles. The molecule has 1 aromatic carbocycles.